The molecule has 0 amide bonds. The van der Waals surface area contributed by atoms with Gasteiger partial charge in [-0.15, -0.1) is 0 Å². The topological polar surface area (TPSA) is 57.5 Å². The number of hydrogen-bond acceptors (Lipinski definition) is 4. The highest BCUT2D eigenvalue weighted by Crippen LogP contribution is 2.36. The largest absolute Gasteiger partial charge is 0.497 e. The minimum Gasteiger partial charge on any atom is -0.497 e. The SMILES string of the molecule is COc1ccc2c(c1)c(CC(=O)OCC(F)(F)C(F)(F)F)c(C)n2C(=O)/C=C\c1ccccc1. The van der Waals surface area contributed by atoms with Crippen LogP contribution in [0.5, 0.6) is 5.75 Å². The first-order chi connectivity index (χ1) is 15.9. The molecule has 10 heteroatoms. The van der Waals surface area contributed by atoms with Crippen LogP contribution in [0, 0.1) is 6.92 Å². The second kappa shape index (κ2) is 9.66. The van der Waals surface area contributed by atoms with Crippen LogP contribution in [0.25, 0.3) is 17.0 Å². The molecule has 180 valence electrons. The molecular formula is C24H20F5NO4. The van der Waals surface area contributed by atoms with Crippen LogP contribution in [-0.2, 0) is 16.0 Å². The molecule has 0 aliphatic heterocycles. The van der Waals surface area contributed by atoms with Crippen LogP contribution in [0.3, 0.4) is 0 Å². The van der Waals surface area contributed by atoms with Crippen LogP contribution in [0.15, 0.2) is 54.6 Å². The van der Waals surface area contributed by atoms with Gasteiger partial charge in [-0.3, -0.25) is 14.2 Å². The van der Waals surface area contributed by atoms with Crippen molar-refractivity contribution >= 4 is 28.9 Å². The molecule has 0 N–H and O–H groups in total. The van der Waals surface area contributed by atoms with Gasteiger partial charge in [0.25, 0.3) is 5.91 Å². The molecule has 0 aliphatic rings. The molecule has 0 bridgehead atoms. The van der Waals surface area contributed by atoms with Gasteiger partial charge in [0, 0.05) is 17.2 Å². The maximum atomic E-state index is 13.1. The second-order valence-corrected chi connectivity index (χ2v) is 7.40. The zero-order valence-electron chi connectivity index (χ0n) is 18.2. The second-order valence-electron chi connectivity index (χ2n) is 7.40. The van der Waals surface area contributed by atoms with E-state index in [0.29, 0.717) is 22.3 Å². The molecule has 3 aromatic rings. The predicted molar refractivity (Wildman–Crippen MR) is 115 cm³/mol. The molecule has 1 aromatic heterocycles. The standard InChI is InChI=1S/C24H20F5NO4/c1-15-18(13-22(32)34-14-23(25,26)24(27,28)29)19-12-17(33-2)9-10-20(19)30(15)21(31)11-8-16-6-4-3-5-7-16/h3-12H,13-14H2,1-2H3/b11-8-. The van der Waals surface area contributed by atoms with E-state index in [-0.39, 0.29) is 5.56 Å². The van der Waals surface area contributed by atoms with Gasteiger partial charge in [-0.25, -0.2) is 0 Å². The van der Waals surface area contributed by atoms with E-state index in [1.54, 1.807) is 48.5 Å². The van der Waals surface area contributed by atoms with Gasteiger partial charge in [0.15, 0.2) is 6.61 Å². The monoisotopic (exact) mass is 481 g/mol. The quantitative estimate of drug-likeness (QED) is 0.251. The number of allylic oxidation sites excluding steroid dienone is 1. The third-order valence-electron chi connectivity index (χ3n) is 5.13. The number of alkyl halides is 5. The summed E-state index contributed by atoms with van der Waals surface area (Å²) in [6.45, 7) is -0.594. The Morgan fingerprint density at radius 1 is 1.03 bits per heavy atom. The van der Waals surface area contributed by atoms with Gasteiger partial charge in [-0.1, -0.05) is 30.3 Å². The molecule has 2 aromatic carbocycles. The zero-order valence-corrected chi connectivity index (χ0v) is 18.2. The summed E-state index contributed by atoms with van der Waals surface area (Å²) >= 11 is 0. The van der Waals surface area contributed by atoms with E-state index >= 15 is 0 Å². The van der Waals surface area contributed by atoms with Crippen LogP contribution in [0.4, 0.5) is 22.0 Å². The fraction of sp³-hybridized carbons (Fsp3) is 0.250. The maximum absolute atomic E-state index is 13.1. The molecule has 0 saturated carbocycles. The Hall–Kier alpha value is -3.69. The van der Waals surface area contributed by atoms with Crippen molar-refractivity contribution in [3.63, 3.8) is 0 Å². The summed E-state index contributed by atoms with van der Waals surface area (Å²) in [5, 5.41) is 0.401. The zero-order chi connectivity index (χ0) is 25.1. The molecule has 0 spiro atoms. The summed E-state index contributed by atoms with van der Waals surface area (Å²) in [6.07, 6.45) is -3.53. The van der Waals surface area contributed by atoms with Gasteiger partial charge >= 0.3 is 18.1 Å². The number of carbonyl (C=O) groups is 2. The van der Waals surface area contributed by atoms with Crippen molar-refractivity contribution in [2.24, 2.45) is 0 Å². The Balaban J connectivity index is 1.93. The summed E-state index contributed by atoms with van der Waals surface area (Å²) in [6, 6.07) is 13.8. The number of rotatable bonds is 7. The van der Waals surface area contributed by atoms with E-state index in [1.165, 1.54) is 24.7 Å². The number of methoxy groups -OCH3 is 1. The Kier molecular flexibility index (Phi) is 7.09. The van der Waals surface area contributed by atoms with E-state index < -0.39 is 37.0 Å². The minimum absolute atomic E-state index is 0.246. The van der Waals surface area contributed by atoms with Crippen molar-refractivity contribution in [2.75, 3.05) is 13.7 Å². The fourth-order valence-electron chi connectivity index (χ4n) is 3.35. The highest BCUT2D eigenvalue weighted by atomic mass is 19.4. The number of fused-ring (bicyclic) bond motifs is 1. The smallest absolute Gasteiger partial charge is 0.456 e. The lowest BCUT2D eigenvalue weighted by Gasteiger charge is -2.19. The molecule has 3 rings (SSSR count). The summed E-state index contributed by atoms with van der Waals surface area (Å²) in [4.78, 5) is 25.1. The van der Waals surface area contributed by atoms with Crippen molar-refractivity contribution in [3.8, 4) is 5.75 Å². The number of esters is 1. The van der Waals surface area contributed by atoms with Gasteiger partial charge in [-0.05, 0) is 42.3 Å². The molecule has 34 heavy (non-hydrogen) atoms. The van der Waals surface area contributed by atoms with Crippen molar-refractivity contribution < 1.29 is 41.0 Å². The lowest BCUT2D eigenvalue weighted by atomic mass is 10.1. The molecule has 0 fully saturated rings. The average Bonchev–Trinajstić information content (AvgIpc) is 3.06. The Labute approximate surface area is 191 Å². The third-order valence-corrected chi connectivity index (χ3v) is 5.13. The summed E-state index contributed by atoms with van der Waals surface area (Å²) in [5.41, 5.74) is 1.74. The predicted octanol–water partition coefficient (Wildman–Crippen LogP) is 5.60. The number of ether oxygens (including phenoxy) is 2. The Morgan fingerprint density at radius 3 is 2.32 bits per heavy atom. The van der Waals surface area contributed by atoms with E-state index in [9.17, 15) is 31.5 Å². The number of benzene rings is 2. The Morgan fingerprint density at radius 2 is 1.71 bits per heavy atom. The number of hydrogen-bond donors (Lipinski definition) is 0. The van der Waals surface area contributed by atoms with Crippen molar-refractivity contribution in [1.82, 2.24) is 4.57 Å². The minimum atomic E-state index is -5.84. The lowest BCUT2D eigenvalue weighted by Crippen LogP contribution is -2.41. The molecule has 0 saturated heterocycles. The number of aromatic nitrogens is 1. The number of halogens is 5. The highest BCUT2D eigenvalue weighted by molar-refractivity contribution is 6.03. The normalized spacial score (nSPS) is 12.3. The summed E-state index contributed by atoms with van der Waals surface area (Å²) in [7, 11) is 1.41. The van der Waals surface area contributed by atoms with Gasteiger partial charge in [0.2, 0.25) is 0 Å². The molecular weight excluding hydrogens is 461 g/mol. The van der Waals surface area contributed by atoms with Crippen LogP contribution >= 0.6 is 0 Å². The van der Waals surface area contributed by atoms with Crippen LogP contribution in [0.2, 0.25) is 0 Å². The van der Waals surface area contributed by atoms with E-state index in [2.05, 4.69) is 4.74 Å². The number of nitrogens with zero attached hydrogens (tertiary/aromatic N) is 1. The van der Waals surface area contributed by atoms with Gasteiger partial charge in [0.05, 0.1) is 19.0 Å². The van der Waals surface area contributed by atoms with Crippen molar-refractivity contribution in [2.45, 2.75) is 25.4 Å². The summed E-state index contributed by atoms with van der Waals surface area (Å²) in [5.74, 6) is -6.51. The fourth-order valence-corrected chi connectivity index (χ4v) is 3.35. The lowest BCUT2D eigenvalue weighted by molar-refractivity contribution is -0.294. The van der Waals surface area contributed by atoms with Gasteiger partial charge < -0.3 is 9.47 Å². The van der Waals surface area contributed by atoms with Gasteiger partial charge in [0.1, 0.15) is 5.75 Å². The molecule has 0 unspecified atom stereocenters. The molecule has 1 heterocycles. The molecule has 0 atom stereocenters. The van der Waals surface area contributed by atoms with Crippen LogP contribution in [0.1, 0.15) is 21.6 Å². The summed E-state index contributed by atoms with van der Waals surface area (Å²) < 4.78 is 74.0. The first-order valence-electron chi connectivity index (χ1n) is 10.00. The highest BCUT2D eigenvalue weighted by Gasteiger charge is 2.58. The third kappa shape index (κ3) is 5.27. The maximum Gasteiger partial charge on any atom is 0.456 e. The van der Waals surface area contributed by atoms with Crippen LogP contribution in [-0.4, -0.2) is 42.3 Å². The average molecular weight is 481 g/mol. The van der Waals surface area contributed by atoms with Crippen LogP contribution < -0.4 is 4.74 Å². The molecule has 0 radical (unpaired) electrons. The van der Waals surface area contributed by atoms with E-state index in [4.69, 9.17) is 4.74 Å². The van der Waals surface area contributed by atoms with E-state index in [1.807, 2.05) is 6.07 Å². The van der Waals surface area contributed by atoms with Gasteiger partial charge in [-0.2, -0.15) is 22.0 Å². The first-order valence-corrected chi connectivity index (χ1v) is 10.00. The van der Waals surface area contributed by atoms with E-state index in [0.717, 1.165) is 5.56 Å². The molecule has 5 nitrogen and oxygen atoms in total. The van der Waals surface area contributed by atoms with Crippen molar-refractivity contribution in [1.29, 1.82) is 0 Å². The Bertz CT molecular complexity index is 1230. The first kappa shape index (κ1) is 24.9. The number of carbonyl (C=O) groups excluding carboxylic acids is 2. The van der Waals surface area contributed by atoms with Crippen molar-refractivity contribution in [3.05, 3.63) is 71.4 Å². The molecule has 0 aliphatic carbocycles.